The lowest BCUT2D eigenvalue weighted by atomic mass is 9.95. The van der Waals surface area contributed by atoms with E-state index in [-0.39, 0.29) is 11.0 Å². The Labute approximate surface area is 88.5 Å². The smallest absolute Gasteiger partial charge is 0.129 e. The first-order valence-corrected chi connectivity index (χ1v) is 5.24. The average Bonchev–Trinajstić information content (AvgIpc) is 2.93. The van der Waals surface area contributed by atoms with Crippen molar-refractivity contribution in [3.8, 4) is 0 Å². The third-order valence-electron chi connectivity index (χ3n) is 3.12. The summed E-state index contributed by atoms with van der Waals surface area (Å²) >= 11 is 0. The monoisotopic (exact) mass is 211 g/mol. The highest BCUT2D eigenvalue weighted by Crippen LogP contribution is 2.48. The summed E-state index contributed by atoms with van der Waals surface area (Å²) in [7, 11) is 1.87. The minimum absolute atomic E-state index is 0.0950. The Morgan fingerprint density at radius 2 is 1.87 bits per heavy atom. The van der Waals surface area contributed by atoms with Gasteiger partial charge in [0.1, 0.15) is 11.6 Å². The standard InChI is InChI=1S/C12H15F2N/c1-15-8-12(5-6-12)7-9-10(13)3-2-4-11(9)14/h2-4,15H,5-8H2,1H3. The van der Waals surface area contributed by atoms with Crippen LogP contribution in [0.25, 0.3) is 0 Å². The Morgan fingerprint density at radius 3 is 2.33 bits per heavy atom. The van der Waals surface area contributed by atoms with Crippen LogP contribution in [-0.2, 0) is 6.42 Å². The molecule has 0 atom stereocenters. The molecule has 3 heteroatoms. The van der Waals surface area contributed by atoms with Crippen molar-refractivity contribution in [2.75, 3.05) is 13.6 Å². The fourth-order valence-electron chi connectivity index (χ4n) is 2.04. The molecular weight excluding hydrogens is 196 g/mol. The van der Waals surface area contributed by atoms with E-state index in [4.69, 9.17) is 0 Å². The Kier molecular flexibility index (Phi) is 2.74. The van der Waals surface area contributed by atoms with E-state index in [9.17, 15) is 8.78 Å². The van der Waals surface area contributed by atoms with Crippen LogP contribution in [0.4, 0.5) is 8.78 Å². The van der Waals surface area contributed by atoms with Crippen LogP contribution in [0.5, 0.6) is 0 Å². The highest BCUT2D eigenvalue weighted by Gasteiger charge is 2.42. The van der Waals surface area contributed by atoms with Gasteiger partial charge >= 0.3 is 0 Å². The van der Waals surface area contributed by atoms with Crippen molar-refractivity contribution in [2.45, 2.75) is 19.3 Å². The molecule has 1 nitrogen and oxygen atoms in total. The van der Waals surface area contributed by atoms with Crippen LogP contribution in [0, 0.1) is 17.0 Å². The summed E-state index contributed by atoms with van der Waals surface area (Å²) in [4.78, 5) is 0. The van der Waals surface area contributed by atoms with Crippen molar-refractivity contribution in [1.82, 2.24) is 5.32 Å². The third kappa shape index (κ3) is 2.17. The maximum absolute atomic E-state index is 13.4. The van der Waals surface area contributed by atoms with Gasteiger partial charge in [0.15, 0.2) is 0 Å². The van der Waals surface area contributed by atoms with Crippen LogP contribution in [0.2, 0.25) is 0 Å². The van der Waals surface area contributed by atoms with Crippen molar-refractivity contribution in [3.63, 3.8) is 0 Å². The topological polar surface area (TPSA) is 12.0 Å². The third-order valence-corrected chi connectivity index (χ3v) is 3.12. The molecule has 1 fully saturated rings. The van der Waals surface area contributed by atoms with Crippen LogP contribution in [0.15, 0.2) is 18.2 Å². The highest BCUT2D eigenvalue weighted by atomic mass is 19.1. The van der Waals surface area contributed by atoms with Gasteiger partial charge in [0.05, 0.1) is 0 Å². The summed E-state index contributed by atoms with van der Waals surface area (Å²) < 4.78 is 26.8. The van der Waals surface area contributed by atoms with Crippen molar-refractivity contribution >= 4 is 0 Å². The highest BCUT2D eigenvalue weighted by molar-refractivity contribution is 5.23. The first-order chi connectivity index (χ1) is 7.17. The van der Waals surface area contributed by atoms with Gasteiger partial charge in [0.25, 0.3) is 0 Å². The van der Waals surface area contributed by atoms with Crippen LogP contribution >= 0.6 is 0 Å². The molecule has 0 saturated heterocycles. The zero-order valence-corrected chi connectivity index (χ0v) is 8.82. The Hall–Kier alpha value is -0.960. The molecule has 1 aliphatic carbocycles. The van der Waals surface area contributed by atoms with E-state index in [1.807, 2.05) is 7.05 Å². The summed E-state index contributed by atoms with van der Waals surface area (Å²) in [6.07, 6.45) is 2.62. The number of hydrogen-bond acceptors (Lipinski definition) is 1. The molecule has 1 aromatic rings. The number of nitrogens with one attached hydrogen (secondary N) is 1. The molecule has 0 bridgehead atoms. The lowest BCUT2D eigenvalue weighted by Gasteiger charge is -2.15. The first-order valence-electron chi connectivity index (χ1n) is 5.24. The molecule has 0 aromatic heterocycles. The zero-order chi connectivity index (χ0) is 10.9. The SMILES string of the molecule is CNCC1(Cc2c(F)cccc2F)CC1. The number of hydrogen-bond donors (Lipinski definition) is 1. The van der Waals surface area contributed by atoms with E-state index in [2.05, 4.69) is 5.32 Å². The van der Waals surface area contributed by atoms with E-state index in [0.29, 0.717) is 6.42 Å². The maximum Gasteiger partial charge on any atom is 0.129 e. The quantitative estimate of drug-likeness (QED) is 0.806. The van der Waals surface area contributed by atoms with Crippen LogP contribution in [0.1, 0.15) is 18.4 Å². The molecule has 0 radical (unpaired) electrons. The van der Waals surface area contributed by atoms with Gasteiger partial charge in [-0.05, 0) is 43.9 Å². The predicted octanol–water partition coefficient (Wildman–Crippen LogP) is 2.51. The lowest BCUT2D eigenvalue weighted by Crippen LogP contribution is -2.22. The van der Waals surface area contributed by atoms with Gasteiger partial charge in [-0.3, -0.25) is 0 Å². The largest absolute Gasteiger partial charge is 0.319 e. The average molecular weight is 211 g/mol. The summed E-state index contributed by atoms with van der Waals surface area (Å²) in [5.74, 6) is -0.838. The molecule has 0 unspecified atom stereocenters. The molecule has 0 spiro atoms. The second kappa shape index (κ2) is 3.89. The van der Waals surface area contributed by atoms with Crippen molar-refractivity contribution in [3.05, 3.63) is 35.4 Å². The van der Waals surface area contributed by atoms with Crippen LogP contribution in [-0.4, -0.2) is 13.6 Å². The predicted molar refractivity (Wildman–Crippen MR) is 55.7 cm³/mol. The summed E-state index contributed by atoms with van der Waals surface area (Å²) in [5.41, 5.74) is 0.336. The molecule has 0 aliphatic heterocycles. The second-order valence-electron chi connectivity index (χ2n) is 4.41. The molecule has 1 N–H and O–H groups in total. The molecule has 0 amide bonds. The van der Waals surface area contributed by atoms with E-state index in [0.717, 1.165) is 19.4 Å². The number of benzene rings is 1. The van der Waals surface area contributed by atoms with E-state index in [1.165, 1.54) is 18.2 Å². The van der Waals surface area contributed by atoms with Gasteiger partial charge < -0.3 is 5.32 Å². The summed E-state index contributed by atoms with van der Waals surface area (Å²) in [5, 5.41) is 3.08. The van der Waals surface area contributed by atoms with Gasteiger partial charge in [-0.15, -0.1) is 0 Å². The fourth-order valence-corrected chi connectivity index (χ4v) is 2.04. The van der Waals surface area contributed by atoms with E-state index in [1.54, 1.807) is 0 Å². The van der Waals surface area contributed by atoms with Gasteiger partial charge in [-0.25, -0.2) is 8.78 Å². The van der Waals surface area contributed by atoms with E-state index < -0.39 is 11.6 Å². The maximum atomic E-state index is 13.4. The van der Waals surface area contributed by atoms with Crippen LogP contribution < -0.4 is 5.32 Å². The summed E-state index contributed by atoms with van der Waals surface area (Å²) in [6.45, 7) is 0.834. The molecule has 0 heterocycles. The second-order valence-corrected chi connectivity index (χ2v) is 4.41. The van der Waals surface area contributed by atoms with Crippen molar-refractivity contribution in [2.24, 2.45) is 5.41 Å². The van der Waals surface area contributed by atoms with Gasteiger partial charge in [-0.1, -0.05) is 6.07 Å². The normalized spacial score (nSPS) is 17.8. The van der Waals surface area contributed by atoms with Gasteiger partial charge in [0, 0.05) is 12.1 Å². The van der Waals surface area contributed by atoms with Gasteiger partial charge in [0.2, 0.25) is 0 Å². The number of rotatable bonds is 4. The lowest BCUT2D eigenvalue weighted by molar-refractivity contribution is 0.448. The van der Waals surface area contributed by atoms with Gasteiger partial charge in [-0.2, -0.15) is 0 Å². The molecule has 2 rings (SSSR count). The van der Waals surface area contributed by atoms with Crippen LogP contribution in [0.3, 0.4) is 0 Å². The minimum Gasteiger partial charge on any atom is -0.319 e. The Balaban J connectivity index is 2.17. The molecule has 15 heavy (non-hydrogen) atoms. The minimum atomic E-state index is -0.419. The zero-order valence-electron chi connectivity index (χ0n) is 8.82. The molecular formula is C12H15F2N. The molecule has 1 aliphatic rings. The Bertz CT molecular complexity index is 338. The molecule has 1 aromatic carbocycles. The summed E-state index contributed by atoms with van der Waals surface area (Å²) in [6, 6.07) is 4.06. The number of halogens is 2. The Morgan fingerprint density at radius 1 is 1.27 bits per heavy atom. The first kappa shape index (κ1) is 10.6. The van der Waals surface area contributed by atoms with Crippen molar-refractivity contribution in [1.29, 1.82) is 0 Å². The van der Waals surface area contributed by atoms with Crippen molar-refractivity contribution < 1.29 is 8.78 Å². The van der Waals surface area contributed by atoms with E-state index >= 15 is 0 Å². The fraction of sp³-hybridized carbons (Fsp3) is 0.500. The molecule has 82 valence electrons. The molecule has 1 saturated carbocycles.